The molecule has 0 saturated heterocycles. The highest BCUT2D eigenvalue weighted by Gasteiger charge is 2.18. The summed E-state index contributed by atoms with van der Waals surface area (Å²) in [5, 5.41) is 0. The van der Waals surface area contributed by atoms with Gasteiger partial charge in [0.1, 0.15) is 5.75 Å². The first-order valence-corrected chi connectivity index (χ1v) is 5.56. The number of rotatable bonds is 2. The first-order chi connectivity index (χ1) is 7.28. The fourth-order valence-electron chi connectivity index (χ4n) is 1.41. The summed E-state index contributed by atoms with van der Waals surface area (Å²) in [6.07, 6.45) is 0.431. The Labute approximate surface area is 97.6 Å². The van der Waals surface area contributed by atoms with Crippen LogP contribution >= 0.6 is 0 Å². The summed E-state index contributed by atoms with van der Waals surface area (Å²) in [6.45, 7) is 10.0. The largest absolute Gasteiger partial charge is 0.426 e. The summed E-state index contributed by atoms with van der Waals surface area (Å²) in [5.41, 5.74) is 2.06. The zero-order valence-corrected chi connectivity index (χ0v) is 10.8. The van der Waals surface area contributed by atoms with Crippen molar-refractivity contribution in [1.82, 2.24) is 0 Å². The van der Waals surface area contributed by atoms with Crippen LogP contribution in [0.15, 0.2) is 18.2 Å². The SMILES string of the molecule is Cc1ccc(C)c(OC(=O)CC(C)(C)C)c1. The number of aryl methyl sites for hydroxylation is 2. The Morgan fingerprint density at radius 2 is 1.88 bits per heavy atom. The van der Waals surface area contributed by atoms with Crippen molar-refractivity contribution in [2.45, 2.75) is 41.0 Å². The Morgan fingerprint density at radius 1 is 1.25 bits per heavy atom. The molecule has 1 rings (SSSR count). The second-order valence-electron chi connectivity index (χ2n) is 5.48. The molecule has 16 heavy (non-hydrogen) atoms. The van der Waals surface area contributed by atoms with Crippen molar-refractivity contribution >= 4 is 5.97 Å². The van der Waals surface area contributed by atoms with E-state index in [-0.39, 0.29) is 11.4 Å². The minimum atomic E-state index is -0.166. The third-order valence-electron chi connectivity index (χ3n) is 2.24. The molecule has 0 saturated carbocycles. The number of benzene rings is 1. The Kier molecular flexibility index (Phi) is 3.74. The molecular formula is C14H20O2. The van der Waals surface area contributed by atoms with Gasteiger partial charge in [-0.05, 0) is 36.5 Å². The van der Waals surface area contributed by atoms with E-state index in [4.69, 9.17) is 4.74 Å². The van der Waals surface area contributed by atoms with Gasteiger partial charge in [-0.2, -0.15) is 0 Å². The van der Waals surface area contributed by atoms with Gasteiger partial charge < -0.3 is 4.74 Å². The van der Waals surface area contributed by atoms with Gasteiger partial charge in [-0.15, -0.1) is 0 Å². The van der Waals surface area contributed by atoms with Crippen molar-refractivity contribution in [2.75, 3.05) is 0 Å². The van der Waals surface area contributed by atoms with Crippen molar-refractivity contribution in [1.29, 1.82) is 0 Å². The van der Waals surface area contributed by atoms with Crippen molar-refractivity contribution in [2.24, 2.45) is 5.41 Å². The highest BCUT2D eigenvalue weighted by Crippen LogP contribution is 2.23. The molecule has 0 amide bonds. The molecule has 2 nitrogen and oxygen atoms in total. The molecule has 88 valence electrons. The van der Waals surface area contributed by atoms with Crippen LogP contribution in [0, 0.1) is 19.3 Å². The van der Waals surface area contributed by atoms with Gasteiger partial charge in [0.25, 0.3) is 0 Å². The van der Waals surface area contributed by atoms with E-state index in [0.29, 0.717) is 12.2 Å². The van der Waals surface area contributed by atoms with Crippen LogP contribution in [0.3, 0.4) is 0 Å². The Morgan fingerprint density at radius 3 is 2.44 bits per heavy atom. The Balaban J connectivity index is 2.73. The smallest absolute Gasteiger partial charge is 0.311 e. The first kappa shape index (κ1) is 12.8. The van der Waals surface area contributed by atoms with Gasteiger partial charge in [0.15, 0.2) is 0 Å². The van der Waals surface area contributed by atoms with Gasteiger partial charge in [0, 0.05) is 0 Å². The summed E-state index contributed by atoms with van der Waals surface area (Å²) in [6, 6.07) is 5.88. The van der Waals surface area contributed by atoms with E-state index in [1.807, 2.05) is 52.8 Å². The maximum absolute atomic E-state index is 11.7. The summed E-state index contributed by atoms with van der Waals surface area (Å²) < 4.78 is 5.36. The van der Waals surface area contributed by atoms with Crippen LogP contribution in [-0.2, 0) is 4.79 Å². The summed E-state index contributed by atoms with van der Waals surface area (Å²) in [4.78, 5) is 11.7. The molecule has 0 atom stereocenters. The summed E-state index contributed by atoms with van der Waals surface area (Å²) in [5.74, 6) is 0.510. The molecule has 0 N–H and O–H groups in total. The molecule has 1 aromatic rings. The van der Waals surface area contributed by atoms with Gasteiger partial charge in [-0.25, -0.2) is 0 Å². The minimum Gasteiger partial charge on any atom is -0.426 e. The summed E-state index contributed by atoms with van der Waals surface area (Å²) in [7, 11) is 0. The predicted octanol–water partition coefficient (Wildman–Crippen LogP) is 3.65. The Bertz CT molecular complexity index is 386. The van der Waals surface area contributed by atoms with Crippen LogP contribution in [0.2, 0.25) is 0 Å². The fraction of sp³-hybridized carbons (Fsp3) is 0.500. The number of hydrogen-bond acceptors (Lipinski definition) is 2. The Hall–Kier alpha value is -1.31. The molecule has 0 unspecified atom stereocenters. The molecule has 0 heterocycles. The van der Waals surface area contributed by atoms with E-state index in [0.717, 1.165) is 11.1 Å². The number of hydrogen-bond donors (Lipinski definition) is 0. The lowest BCUT2D eigenvalue weighted by Crippen LogP contribution is -2.18. The predicted molar refractivity (Wildman–Crippen MR) is 65.6 cm³/mol. The zero-order chi connectivity index (χ0) is 12.3. The molecule has 0 spiro atoms. The van der Waals surface area contributed by atoms with E-state index in [1.165, 1.54) is 0 Å². The molecular weight excluding hydrogens is 200 g/mol. The van der Waals surface area contributed by atoms with Crippen molar-refractivity contribution in [3.63, 3.8) is 0 Å². The third-order valence-corrected chi connectivity index (χ3v) is 2.24. The highest BCUT2D eigenvalue weighted by molar-refractivity contribution is 5.73. The topological polar surface area (TPSA) is 26.3 Å². The fourth-order valence-corrected chi connectivity index (χ4v) is 1.41. The van der Waals surface area contributed by atoms with Crippen LogP contribution in [0.4, 0.5) is 0 Å². The zero-order valence-electron chi connectivity index (χ0n) is 10.8. The van der Waals surface area contributed by atoms with Gasteiger partial charge >= 0.3 is 5.97 Å². The van der Waals surface area contributed by atoms with E-state index in [2.05, 4.69) is 0 Å². The lowest BCUT2D eigenvalue weighted by molar-refractivity contribution is -0.136. The van der Waals surface area contributed by atoms with E-state index < -0.39 is 0 Å². The van der Waals surface area contributed by atoms with Gasteiger partial charge in [-0.1, -0.05) is 32.9 Å². The normalized spacial score (nSPS) is 11.3. The van der Waals surface area contributed by atoms with E-state index >= 15 is 0 Å². The van der Waals surface area contributed by atoms with Crippen LogP contribution in [0.25, 0.3) is 0 Å². The molecule has 0 aliphatic carbocycles. The number of esters is 1. The van der Waals surface area contributed by atoms with Gasteiger partial charge in [-0.3, -0.25) is 4.79 Å². The van der Waals surface area contributed by atoms with E-state index in [1.54, 1.807) is 0 Å². The molecule has 0 bridgehead atoms. The maximum atomic E-state index is 11.7. The molecule has 2 heteroatoms. The van der Waals surface area contributed by atoms with Crippen LogP contribution in [0.1, 0.15) is 38.3 Å². The molecule has 0 aliphatic heterocycles. The average Bonchev–Trinajstić information content (AvgIpc) is 2.08. The quantitative estimate of drug-likeness (QED) is 0.562. The number of ether oxygens (including phenoxy) is 1. The number of carbonyl (C=O) groups excluding carboxylic acids is 1. The number of carbonyl (C=O) groups is 1. The third kappa shape index (κ3) is 4.05. The minimum absolute atomic E-state index is 0.0329. The van der Waals surface area contributed by atoms with Crippen LogP contribution < -0.4 is 4.74 Å². The van der Waals surface area contributed by atoms with Crippen LogP contribution in [-0.4, -0.2) is 5.97 Å². The van der Waals surface area contributed by atoms with Crippen molar-refractivity contribution in [3.05, 3.63) is 29.3 Å². The van der Waals surface area contributed by atoms with Gasteiger partial charge in [0.05, 0.1) is 6.42 Å². The van der Waals surface area contributed by atoms with Crippen molar-refractivity contribution in [3.8, 4) is 5.75 Å². The molecule has 0 radical (unpaired) electrons. The standard InChI is InChI=1S/C14H20O2/c1-10-6-7-11(2)12(8-10)16-13(15)9-14(3,4)5/h6-8H,9H2,1-5H3. The summed E-state index contributed by atoms with van der Waals surface area (Å²) >= 11 is 0. The highest BCUT2D eigenvalue weighted by atomic mass is 16.5. The lowest BCUT2D eigenvalue weighted by Gasteiger charge is -2.17. The average molecular weight is 220 g/mol. The second kappa shape index (κ2) is 4.69. The first-order valence-electron chi connectivity index (χ1n) is 5.56. The van der Waals surface area contributed by atoms with Crippen molar-refractivity contribution < 1.29 is 9.53 Å². The monoisotopic (exact) mass is 220 g/mol. The van der Waals surface area contributed by atoms with E-state index in [9.17, 15) is 4.79 Å². The molecule has 0 aliphatic rings. The molecule has 1 aromatic carbocycles. The second-order valence-corrected chi connectivity index (χ2v) is 5.48. The maximum Gasteiger partial charge on any atom is 0.311 e. The van der Waals surface area contributed by atoms with Gasteiger partial charge in [0.2, 0.25) is 0 Å². The molecule has 0 aromatic heterocycles. The molecule has 0 fully saturated rings. The van der Waals surface area contributed by atoms with Crippen LogP contribution in [0.5, 0.6) is 5.75 Å². The lowest BCUT2D eigenvalue weighted by atomic mass is 9.92.